The molecule has 4 rings (SSSR count). The number of rotatable bonds is 6. The van der Waals surface area contributed by atoms with Crippen molar-refractivity contribution in [2.75, 3.05) is 5.32 Å². The van der Waals surface area contributed by atoms with Crippen LogP contribution in [0.2, 0.25) is 5.02 Å². The monoisotopic (exact) mass is 428 g/mol. The van der Waals surface area contributed by atoms with Crippen LogP contribution >= 0.6 is 22.9 Å². The number of aryl methyl sites for hydroxylation is 2. The molecule has 29 heavy (non-hydrogen) atoms. The van der Waals surface area contributed by atoms with Crippen LogP contribution < -0.4 is 10.9 Å². The second-order valence-corrected chi connectivity index (χ2v) is 7.97. The zero-order chi connectivity index (χ0) is 20.4. The predicted octanol–water partition coefficient (Wildman–Crippen LogP) is 2.86. The molecule has 148 valence electrons. The first-order chi connectivity index (χ1) is 14.0. The maximum atomic E-state index is 12.4. The van der Waals surface area contributed by atoms with E-state index < -0.39 is 0 Å². The molecular weight excluding hydrogens is 412 g/mol. The van der Waals surface area contributed by atoms with Gasteiger partial charge in [0.1, 0.15) is 5.39 Å². The van der Waals surface area contributed by atoms with Gasteiger partial charge in [0.2, 0.25) is 5.91 Å². The van der Waals surface area contributed by atoms with Crippen molar-refractivity contribution in [2.24, 2.45) is 7.05 Å². The smallest absolute Gasteiger partial charge is 0.264 e. The number of hydrogen-bond acceptors (Lipinski definition) is 6. The summed E-state index contributed by atoms with van der Waals surface area (Å²) < 4.78 is 2.95. The Hall–Kier alpha value is -3.04. The number of fused-ring (bicyclic) bond motifs is 1. The fourth-order valence-electron chi connectivity index (χ4n) is 2.91. The van der Waals surface area contributed by atoms with Crippen molar-refractivity contribution in [3.63, 3.8) is 0 Å². The molecule has 0 aliphatic rings. The standard InChI is InChI=1S/C19H17ClN6O2S/c1-25-17-14(10-23-25)18(28)26(11-22-17)7-6-16(27)24-19-21-9-13(29-19)8-12-4-2-3-5-15(12)20/h2-5,9-11H,6-8H2,1H3,(H,21,24,27). The third-order valence-corrected chi connectivity index (χ3v) is 5.70. The molecule has 0 spiro atoms. The number of carbonyl (C=O) groups excluding carboxylic acids is 1. The van der Waals surface area contributed by atoms with Gasteiger partial charge in [0, 0.05) is 42.5 Å². The van der Waals surface area contributed by atoms with E-state index in [1.807, 2.05) is 24.3 Å². The Morgan fingerprint density at radius 1 is 1.24 bits per heavy atom. The van der Waals surface area contributed by atoms with Gasteiger partial charge in [0.25, 0.3) is 5.56 Å². The normalized spacial score (nSPS) is 11.1. The van der Waals surface area contributed by atoms with E-state index in [-0.39, 0.29) is 24.4 Å². The van der Waals surface area contributed by atoms with Gasteiger partial charge in [-0.3, -0.25) is 18.8 Å². The third-order valence-electron chi connectivity index (χ3n) is 4.42. The molecule has 1 aromatic carbocycles. The molecule has 3 heterocycles. The average Bonchev–Trinajstić information content (AvgIpc) is 3.30. The number of nitrogens with zero attached hydrogens (tertiary/aromatic N) is 5. The number of aromatic nitrogens is 5. The van der Waals surface area contributed by atoms with E-state index in [0.717, 1.165) is 10.4 Å². The van der Waals surface area contributed by atoms with Crippen LogP contribution in [-0.4, -0.2) is 30.2 Å². The van der Waals surface area contributed by atoms with Gasteiger partial charge < -0.3 is 5.32 Å². The van der Waals surface area contributed by atoms with Crippen LogP contribution in [0.3, 0.4) is 0 Å². The molecule has 8 nitrogen and oxygen atoms in total. The molecule has 1 amide bonds. The zero-order valence-electron chi connectivity index (χ0n) is 15.5. The molecule has 0 saturated heterocycles. The molecule has 0 bridgehead atoms. The lowest BCUT2D eigenvalue weighted by Gasteiger charge is -2.05. The summed E-state index contributed by atoms with van der Waals surface area (Å²) in [4.78, 5) is 34.2. The van der Waals surface area contributed by atoms with Gasteiger partial charge >= 0.3 is 0 Å². The zero-order valence-corrected chi connectivity index (χ0v) is 17.1. The van der Waals surface area contributed by atoms with E-state index in [0.29, 0.717) is 27.6 Å². The van der Waals surface area contributed by atoms with Crippen LogP contribution in [0.15, 0.2) is 47.8 Å². The van der Waals surface area contributed by atoms with E-state index in [9.17, 15) is 9.59 Å². The lowest BCUT2D eigenvalue weighted by molar-refractivity contribution is -0.116. The Labute approximate surface area is 174 Å². The molecule has 4 aromatic rings. The maximum absolute atomic E-state index is 12.4. The summed E-state index contributed by atoms with van der Waals surface area (Å²) in [6.07, 6.45) is 5.43. The lowest BCUT2D eigenvalue weighted by Crippen LogP contribution is -2.23. The van der Waals surface area contributed by atoms with Crippen molar-refractivity contribution in [1.82, 2.24) is 24.3 Å². The largest absolute Gasteiger partial charge is 0.302 e. The van der Waals surface area contributed by atoms with Crippen LogP contribution in [0.25, 0.3) is 11.0 Å². The highest BCUT2D eigenvalue weighted by Crippen LogP contribution is 2.24. The quantitative estimate of drug-likeness (QED) is 0.509. The minimum Gasteiger partial charge on any atom is -0.302 e. The summed E-state index contributed by atoms with van der Waals surface area (Å²) in [5.41, 5.74) is 1.31. The third kappa shape index (κ3) is 4.20. The summed E-state index contributed by atoms with van der Waals surface area (Å²) in [5.74, 6) is -0.221. The summed E-state index contributed by atoms with van der Waals surface area (Å²) in [5, 5.41) is 8.46. The van der Waals surface area contributed by atoms with E-state index in [1.54, 1.807) is 13.2 Å². The molecule has 3 aromatic heterocycles. The van der Waals surface area contributed by atoms with Crippen molar-refractivity contribution in [1.29, 1.82) is 0 Å². The molecule has 0 aliphatic carbocycles. The van der Waals surface area contributed by atoms with Crippen molar-refractivity contribution in [3.05, 3.63) is 68.8 Å². The minimum absolute atomic E-state index is 0.132. The first-order valence-corrected chi connectivity index (χ1v) is 10.1. The minimum atomic E-state index is -0.221. The molecule has 0 fully saturated rings. The van der Waals surface area contributed by atoms with Crippen LogP contribution in [0.5, 0.6) is 0 Å². The Morgan fingerprint density at radius 2 is 2.07 bits per heavy atom. The van der Waals surface area contributed by atoms with Gasteiger partial charge in [-0.25, -0.2) is 9.97 Å². The van der Waals surface area contributed by atoms with Gasteiger partial charge in [-0.1, -0.05) is 29.8 Å². The second-order valence-electron chi connectivity index (χ2n) is 6.45. The number of carbonyl (C=O) groups is 1. The van der Waals surface area contributed by atoms with Gasteiger partial charge in [-0.15, -0.1) is 11.3 Å². The summed E-state index contributed by atoms with van der Waals surface area (Å²) >= 11 is 7.59. The molecule has 0 atom stereocenters. The maximum Gasteiger partial charge on any atom is 0.264 e. The number of anilines is 1. The highest BCUT2D eigenvalue weighted by molar-refractivity contribution is 7.15. The number of nitrogens with one attached hydrogen (secondary N) is 1. The van der Waals surface area contributed by atoms with Crippen molar-refractivity contribution >= 4 is 45.0 Å². The number of benzene rings is 1. The van der Waals surface area contributed by atoms with Crippen LogP contribution in [-0.2, 0) is 24.8 Å². The molecular formula is C19H17ClN6O2S. The molecule has 0 unspecified atom stereocenters. The Kier molecular flexibility index (Phi) is 5.41. The fourth-order valence-corrected chi connectivity index (χ4v) is 3.96. The summed E-state index contributed by atoms with van der Waals surface area (Å²) in [7, 11) is 1.72. The van der Waals surface area contributed by atoms with Crippen LogP contribution in [0.1, 0.15) is 16.9 Å². The van der Waals surface area contributed by atoms with E-state index in [2.05, 4.69) is 20.4 Å². The SMILES string of the molecule is Cn1ncc2c(=O)n(CCC(=O)Nc3ncc(Cc4ccccc4Cl)s3)cnc21. The van der Waals surface area contributed by atoms with E-state index in [4.69, 9.17) is 11.6 Å². The van der Waals surface area contributed by atoms with Gasteiger partial charge in [-0.05, 0) is 11.6 Å². The summed E-state index contributed by atoms with van der Waals surface area (Å²) in [6.45, 7) is 0.223. The Bertz CT molecular complexity index is 1240. The average molecular weight is 429 g/mol. The highest BCUT2D eigenvalue weighted by Gasteiger charge is 2.11. The molecule has 10 heteroatoms. The van der Waals surface area contributed by atoms with Crippen LogP contribution in [0.4, 0.5) is 5.13 Å². The molecule has 0 radical (unpaired) electrons. The Morgan fingerprint density at radius 3 is 2.90 bits per heavy atom. The number of thiazole rings is 1. The van der Waals surface area contributed by atoms with Gasteiger partial charge in [0.05, 0.1) is 12.5 Å². The van der Waals surface area contributed by atoms with Crippen LogP contribution in [0, 0.1) is 0 Å². The number of hydrogen-bond donors (Lipinski definition) is 1. The number of amides is 1. The van der Waals surface area contributed by atoms with Crippen molar-refractivity contribution in [2.45, 2.75) is 19.4 Å². The van der Waals surface area contributed by atoms with E-state index >= 15 is 0 Å². The van der Waals surface area contributed by atoms with Gasteiger partial charge in [0.15, 0.2) is 10.8 Å². The lowest BCUT2D eigenvalue weighted by atomic mass is 10.1. The fraction of sp³-hybridized carbons (Fsp3) is 0.211. The summed E-state index contributed by atoms with van der Waals surface area (Å²) in [6, 6.07) is 7.63. The van der Waals surface area contributed by atoms with Crippen molar-refractivity contribution < 1.29 is 4.79 Å². The molecule has 0 aliphatic heterocycles. The second kappa shape index (κ2) is 8.14. The Balaban J connectivity index is 1.37. The first-order valence-electron chi connectivity index (χ1n) is 8.86. The molecule has 0 saturated carbocycles. The highest BCUT2D eigenvalue weighted by atomic mass is 35.5. The first kappa shape index (κ1) is 19.3. The van der Waals surface area contributed by atoms with Crippen molar-refractivity contribution in [3.8, 4) is 0 Å². The van der Waals surface area contributed by atoms with Gasteiger partial charge in [-0.2, -0.15) is 5.10 Å². The number of halogens is 1. The molecule has 1 N–H and O–H groups in total. The predicted molar refractivity (Wildman–Crippen MR) is 112 cm³/mol. The van der Waals surface area contributed by atoms with E-state index in [1.165, 1.54) is 33.1 Å². The topological polar surface area (TPSA) is 94.7 Å².